The van der Waals surface area contributed by atoms with Crippen LogP contribution >= 0.6 is 0 Å². The lowest BCUT2D eigenvalue weighted by Gasteiger charge is -2.08. The van der Waals surface area contributed by atoms with Gasteiger partial charge in [-0.1, -0.05) is 0 Å². The molecule has 1 aromatic carbocycles. The number of aromatic nitrogens is 4. The van der Waals surface area contributed by atoms with Crippen molar-refractivity contribution in [3.8, 4) is 17.1 Å². The molecule has 6 heteroatoms. The lowest BCUT2D eigenvalue weighted by molar-refractivity contribution is 0.311. The number of hydrogen-bond donors (Lipinski definition) is 1. The van der Waals surface area contributed by atoms with Crippen LogP contribution in [-0.2, 0) is 6.42 Å². The predicted octanol–water partition coefficient (Wildman–Crippen LogP) is 3.39. The van der Waals surface area contributed by atoms with Crippen LogP contribution < -0.4 is 10.3 Å². The number of nitrogens with one attached hydrogen (secondary N) is 1. The second-order valence-corrected chi connectivity index (χ2v) is 6.14. The van der Waals surface area contributed by atoms with Gasteiger partial charge in [0, 0.05) is 30.4 Å². The van der Waals surface area contributed by atoms with Gasteiger partial charge in [0.05, 0.1) is 17.5 Å². The van der Waals surface area contributed by atoms with Crippen LogP contribution in [-0.4, -0.2) is 26.5 Å². The van der Waals surface area contributed by atoms with E-state index in [1.54, 1.807) is 30.9 Å². The number of H-pyrrole nitrogens is 1. The summed E-state index contributed by atoms with van der Waals surface area (Å²) in [6.45, 7) is 0.576. The van der Waals surface area contributed by atoms with Crippen molar-refractivity contribution in [2.24, 2.45) is 0 Å². The predicted molar refractivity (Wildman–Crippen MR) is 104 cm³/mol. The molecule has 3 heterocycles. The Kier molecular flexibility index (Phi) is 4.87. The summed E-state index contributed by atoms with van der Waals surface area (Å²) in [5, 5.41) is 0.509. The number of fused-ring (bicyclic) bond motifs is 1. The molecule has 134 valence electrons. The zero-order valence-electron chi connectivity index (χ0n) is 14.6. The van der Waals surface area contributed by atoms with Crippen molar-refractivity contribution >= 4 is 10.9 Å². The largest absolute Gasteiger partial charge is 0.494 e. The highest BCUT2D eigenvalue weighted by Crippen LogP contribution is 2.20. The molecule has 6 nitrogen and oxygen atoms in total. The summed E-state index contributed by atoms with van der Waals surface area (Å²) >= 11 is 0. The lowest BCUT2D eigenvalue weighted by atomic mass is 10.1. The van der Waals surface area contributed by atoms with Gasteiger partial charge in [-0.05, 0) is 60.9 Å². The van der Waals surface area contributed by atoms with Crippen molar-refractivity contribution in [2.75, 3.05) is 6.61 Å². The second-order valence-electron chi connectivity index (χ2n) is 6.14. The van der Waals surface area contributed by atoms with Crippen molar-refractivity contribution in [1.82, 2.24) is 19.9 Å². The Morgan fingerprint density at radius 2 is 1.89 bits per heavy atom. The van der Waals surface area contributed by atoms with Crippen molar-refractivity contribution in [3.05, 3.63) is 83.2 Å². The van der Waals surface area contributed by atoms with Gasteiger partial charge in [0.1, 0.15) is 11.6 Å². The molecule has 0 saturated heterocycles. The topological polar surface area (TPSA) is 80.8 Å². The molecule has 0 aliphatic carbocycles. The molecule has 0 aliphatic rings. The number of aryl methyl sites for hydroxylation is 1. The standard InChI is InChI=1S/C21H18N4O2/c26-21-18-13-17(27-12-2-3-15-7-10-22-11-8-15)5-6-19(18)24-20(25-21)16-4-1-9-23-14-16/h1,4-11,13-14H,2-3,12H2,(H,24,25,26). The molecule has 4 aromatic rings. The molecule has 0 atom stereocenters. The highest BCUT2D eigenvalue weighted by Gasteiger charge is 2.07. The monoisotopic (exact) mass is 358 g/mol. The van der Waals surface area contributed by atoms with E-state index < -0.39 is 0 Å². The van der Waals surface area contributed by atoms with E-state index in [2.05, 4.69) is 19.9 Å². The Labute approximate surface area is 155 Å². The van der Waals surface area contributed by atoms with Gasteiger partial charge in [-0.25, -0.2) is 4.98 Å². The van der Waals surface area contributed by atoms with E-state index in [1.165, 1.54) is 5.56 Å². The third-order valence-corrected chi connectivity index (χ3v) is 4.24. The van der Waals surface area contributed by atoms with Gasteiger partial charge in [-0.15, -0.1) is 0 Å². The van der Waals surface area contributed by atoms with Crippen molar-refractivity contribution < 1.29 is 4.74 Å². The average Bonchev–Trinajstić information content (AvgIpc) is 2.73. The number of benzene rings is 1. The van der Waals surface area contributed by atoms with Crippen molar-refractivity contribution in [1.29, 1.82) is 0 Å². The van der Waals surface area contributed by atoms with Gasteiger partial charge >= 0.3 is 0 Å². The highest BCUT2D eigenvalue weighted by atomic mass is 16.5. The molecule has 1 N–H and O–H groups in total. The molecule has 0 amide bonds. The van der Waals surface area contributed by atoms with E-state index in [4.69, 9.17) is 4.74 Å². The first-order chi connectivity index (χ1) is 13.3. The first-order valence-corrected chi connectivity index (χ1v) is 8.76. The van der Waals surface area contributed by atoms with Crippen molar-refractivity contribution in [3.63, 3.8) is 0 Å². The SMILES string of the molecule is O=c1[nH]c(-c2cccnc2)nc2ccc(OCCCc3ccncc3)cc12. The minimum absolute atomic E-state index is 0.193. The third kappa shape index (κ3) is 4.00. The Morgan fingerprint density at radius 1 is 1.00 bits per heavy atom. The summed E-state index contributed by atoms with van der Waals surface area (Å²) < 4.78 is 5.80. The molecular formula is C21H18N4O2. The number of ether oxygens (including phenoxy) is 1. The van der Waals surface area contributed by atoms with Gasteiger partial charge in [-0.3, -0.25) is 14.8 Å². The summed E-state index contributed by atoms with van der Waals surface area (Å²) in [7, 11) is 0. The third-order valence-electron chi connectivity index (χ3n) is 4.24. The fourth-order valence-electron chi connectivity index (χ4n) is 2.86. The fourth-order valence-corrected chi connectivity index (χ4v) is 2.86. The Bertz CT molecular complexity index is 1100. The van der Waals surface area contributed by atoms with Gasteiger partial charge in [0.2, 0.25) is 0 Å². The Balaban J connectivity index is 1.47. The molecule has 3 aromatic heterocycles. The van der Waals surface area contributed by atoms with Crippen LogP contribution in [0.5, 0.6) is 5.75 Å². The van der Waals surface area contributed by atoms with Crippen LogP contribution in [0.25, 0.3) is 22.3 Å². The summed E-state index contributed by atoms with van der Waals surface area (Å²) in [5.74, 6) is 1.17. The zero-order chi connectivity index (χ0) is 18.5. The summed E-state index contributed by atoms with van der Waals surface area (Å²) in [4.78, 5) is 27.9. The molecule has 27 heavy (non-hydrogen) atoms. The summed E-state index contributed by atoms with van der Waals surface area (Å²) in [5.41, 5.74) is 2.44. The number of nitrogens with zero attached hydrogens (tertiary/aromatic N) is 3. The van der Waals surface area contributed by atoms with E-state index in [1.807, 2.05) is 36.4 Å². The van der Waals surface area contributed by atoms with E-state index in [-0.39, 0.29) is 5.56 Å². The Hall–Kier alpha value is -3.54. The molecule has 0 saturated carbocycles. The van der Waals surface area contributed by atoms with Gasteiger partial charge in [0.15, 0.2) is 0 Å². The lowest BCUT2D eigenvalue weighted by Crippen LogP contribution is -2.10. The molecule has 0 fully saturated rings. The van der Waals surface area contributed by atoms with E-state index in [9.17, 15) is 4.79 Å². The first kappa shape index (κ1) is 16.9. The summed E-state index contributed by atoms with van der Waals surface area (Å²) in [6.07, 6.45) is 8.74. The zero-order valence-corrected chi connectivity index (χ0v) is 14.6. The van der Waals surface area contributed by atoms with Crippen LogP contribution in [0.15, 0.2) is 72.0 Å². The molecular weight excluding hydrogens is 340 g/mol. The summed E-state index contributed by atoms with van der Waals surface area (Å²) in [6, 6.07) is 13.1. The van der Waals surface area contributed by atoms with E-state index in [0.717, 1.165) is 18.4 Å². The highest BCUT2D eigenvalue weighted by molar-refractivity contribution is 5.80. The number of hydrogen-bond acceptors (Lipinski definition) is 5. The normalized spacial score (nSPS) is 10.8. The molecule has 0 radical (unpaired) electrons. The maximum atomic E-state index is 12.5. The minimum Gasteiger partial charge on any atom is -0.494 e. The number of rotatable bonds is 6. The van der Waals surface area contributed by atoms with Crippen LogP contribution in [0.2, 0.25) is 0 Å². The smallest absolute Gasteiger partial charge is 0.259 e. The van der Waals surface area contributed by atoms with E-state index in [0.29, 0.717) is 29.1 Å². The number of aromatic amines is 1. The van der Waals surface area contributed by atoms with Gasteiger partial charge in [0.25, 0.3) is 5.56 Å². The molecule has 0 unspecified atom stereocenters. The van der Waals surface area contributed by atoms with E-state index >= 15 is 0 Å². The first-order valence-electron chi connectivity index (χ1n) is 8.76. The van der Waals surface area contributed by atoms with Crippen LogP contribution in [0.3, 0.4) is 0 Å². The maximum Gasteiger partial charge on any atom is 0.259 e. The minimum atomic E-state index is -0.193. The van der Waals surface area contributed by atoms with Gasteiger partial charge in [-0.2, -0.15) is 0 Å². The Morgan fingerprint density at radius 3 is 2.70 bits per heavy atom. The van der Waals surface area contributed by atoms with Crippen LogP contribution in [0.1, 0.15) is 12.0 Å². The average molecular weight is 358 g/mol. The van der Waals surface area contributed by atoms with Crippen LogP contribution in [0, 0.1) is 0 Å². The van der Waals surface area contributed by atoms with Crippen LogP contribution in [0.4, 0.5) is 0 Å². The molecule has 4 rings (SSSR count). The maximum absolute atomic E-state index is 12.5. The second kappa shape index (κ2) is 7.78. The fraction of sp³-hybridized carbons (Fsp3) is 0.143. The van der Waals surface area contributed by atoms with Crippen molar-refractivity contribution in [2.45, 2.75) is 12.8 Å². The molecule has 0 spiro atoms. The van der Waals surface area contributed by atoms with Gasteiger partial charge < -0.3 is 9.72 Å². The molecule has 0 aliphatic heterocycles. The number of pyridine rings is 2. The quantitative estimate of drug-likeness (QED) is 0.534. The molecule has 0 bridgehead atoms.